The normalized spacial score (nSPS) is 10.6. The number of carbonyl (C=O) groups is 2. The number of halogens is 1. The standard InChI is InChI=1S/C18H18FN3O2/c1-12-2-8-15(21-18(24)11-20)10-16(12)22-17(23)9-5-13-3-6-14(19)7-4-13/h2-10H,11,20H2,1H3,(H,21,24)(H,22,23)/b9-5+. The van der Waals surface area contributed by atoms with Crippen molar-refractivity contribution in [1.29, 1.82) is 0 Å². The number of aryl methyl sites for hydroxylation is 1. The lowest BCUT2D eigenvalue weighted by Crippen LogP contribution is -2.22. The number of rotatable bonds is 5. The van der Waals surface area contributed by atoms with Crippen molar-refractivity contribution in [3.8, 4) is 0 Å². The van der Waals surface area contributed by atoms with Crippen LogP contribution >= 0.6 is 0 Å². The molecule has 0 unspecified atom stereocenters. The van der Waals surface area contributed by atoms with Crippen LogP contribution in [-0.4, -0.2) is 18.4 Å². The molecule has 0 aliphatic heterocycles. The van der Waals surface area contributed by atoms with Crippen LogP contribution in [0.25, 0.3) is 6.08 Å². The molecule has 0 fully saturated rings. The molecular weight excluding hydrogens is 309 g/mol. The van der Waals surface area contributed by atoms with Gasteiger partial charge in [0, 0.05) is 17.5 Å². The number of anilines is 2. The third-order valence-electron chi connectivity index (χ3n) is 3.26. The van der Waals surface area contributed by atoms with Crippen LogP contribution in [0.15, 0.2) is 48.5 Å². The lowest BCUT2D eigenvalue weighted by atomic mass is 10.1. The summed E-state index contributed by atoms with van der Waals surface area (Å²) in [4.78, 5) is 23.3. The quantitative estimate of drug-likeness (QED) is 0.738. The van der Waals surface area contributed by atoms with E-state index < -0.39 is 0 Å². The second-order valence-corrected chi connectivity index (χ2v) is 5.16. The lowest BCUT2D eigenvalue weighted by Gasteiger charge is -2.10. The van der Waals surface area contributed by atoms with Gasteiger partial charge in [0.15, 0.2) is 0 Å². The third-order valence-corrected chi connectivity index (χ3v) is 3.26. The van der Waals surface area contributed by atoms with Crippen molar-refractivity contribution in [2.24, 2.45) is 5.73 Å². The maximum atomic E-state index is 12.8. The van der Waals surface area contributed by atoms with Crippen LogP contribution in [0.4, 0.5) is 15.8 Å². The Kier molecular flexibility index (Phi) is 5.81. The van der Waals surface area contributed by atoms with Gasteiger partial charge in [0.1, 0.15) is 5.82 Å². The molecule has 2 amide bonds. The molecule has 0 aromatic heterocycles. The summed E-state index contributed by atoms with van der Waals surface area (Å²) in [5.41, 5.74) is 7.96. The molecule has 0 saturated carbocycles. The average Bonchev–Trinajstić information content (AvgIpc) is 2.57. The Bertz CT molecular complexity index is 770. The molecule has 0 saturated heterocycles. The van der Waals surface area contributed by atoms with E-state index in [1.165, 1.54) is 18.2 Å². The van der Waals surface area contributed by atoms with Crippen molar-refractivity contribution in [2.75, 3.05) is 17.2 Å². The maximum Gasteiger partial charge on any atom is 0.248 e. The van der Waals surface area contributed by atoms with Gasteiger partial charge in [0.2, 0.25) is 11.8 Å². The van der Waals surface area contributed by atoms with Crippen molar-refractivity contribution >= 4 is 29.3 Å². The van der Waals surface area contributed by atoms with Gasteiger partial charge >= 0.3 is 0 Å². The zero-order valence-corrected chi connectivity index (χ0v) is 13.2. The van der Waals surface area contributed by atoms with Gasteiger partial charge < -0.3 is 16.4 Å². The average molecular weight is 327 g/mol. The van der Waals surface area contributed by atoms with Crippen LogP contribution in [-0.2, 0) is 9.59 Å². The van der Waals surface area contributed by atoms with Gasteiger partial charge in [-0.2, -0.15) is 0 Å². The second-order valence-electron chi connectivity index (χ2n) is 5.16. The first-order valence-electron chi connectivity index (χ1n) is 7.33. The second kappa shape index (κ2) is 8.03. The number of benzene rings is 2. The summed E-state index contributed by atoms with van der Waals surface area (Å²) in [6.07, 6.45) is 2.95. The zero-order chi connectivity index (χ0) is 17.5. The summed E-state index contributed by atoms with van der Waals surface area (Å²) in [6.45, 7) is 1.73. The smallest absolute Gasteiger partial charge is 0.248 e. The molecule has 4 N–H and O–H groups in total. The van der Waals surface area contributed by atoms with Crippen molar-refractivity contribution in [3.05, 3.63) is 65.5 Å². The van der Waals surface area contributed by atoms with Crippen molar-refractivity contribution in [2.45, 2.75) is 6.92 Å². The number of hydrogen-bond donors (Lipinski definition) is 3. The van der Waals surface area contributed by atoms with Crippen LogP contribution < -0.4 is 16.4 Å². The predicted octanol–water partition coefficient (Wildman–Crippen LogP) is 2.68. The van der Waals surface area contributed by atoms with Crippen LogP contribution in [0, 0.1) is 12.7 Å². The fraction of sp³-hybridized carbons (Fsp3) is 0.111. The van der Waals surface area contributed by atoms with E-state index in [1.807, 2.05) is 6.92 Å². The minimum atomic E-state index is -0.330. The molecule has 0 bridgehead atoms. The summed E-state index contributed by atoms with van der Waals surface area (Å²) in [5.74, 6) is -0.972. The van der Waals surface area contributed by atoms with E-state index in [1.54, 1.807) is 36.4 Å². The summed E-state index contributed by atoms with van der Waals surface area (Å²) in [6, 6.07) is 11.0. The first-order chi connectivity index (χ1) is 11.5. The molecule has 0 radical (unpaired) electrons. The van der Waals surface area contributed by atoms with Gasteiger partial charge in [-0.3, -0.25) is 9.59 Å². The van der Waals surface area contributed by atoms with Gasteiger partial charge in [0.25, 0.3) is 0 Å². The van der Waals surface area contributed by atoms with Crippen LogP contribution in [0.2, 0.25) is 0 Å². The Morgan fingerprint density at radius 2 is 1.83 bits per heavy atom. The molecule has 24 heavy (non-hydrogen) atoms. The zero-order valence-electron chi connectivity index (χ0n) is 13.2. The highest BCUT2D eigenvalue weighted by Gasteiger charge is 2.05. The monoisotopic (exact) mass is 327 g/mol. The number of hydrogen-bond acceptors (Lipinski definition) is 3. The molecule has 2 rings (SSSR count). The van der Waals surface area contributed by atoms with Gasteiger partial charge in [-0.1, -0.05) is 18.2 Å². The van der Waals surface area contributed by atoms with E-state index in [9.17, 15) is 14.0 Å². The van der Waals surface area contributed by atoms with Crippen molar-refractivity contribution < 1.29 is 14.0 Å². The molecule has 0 aliphatic carbocycles. The Morgan fingerprint density at radius 3 is 2.50 bits per heavy atom. The van der Waals surface area contributed by atoms with E-state index in [2.05, 4.69) is 10.6 Å². The van der Waals surface area contributed by atoms with E-state index in [0.29, 0.717) is 16.9 Å². The predicted molar refractivity (Wildman–Crippen MR) is 92.9 cm³/mol. The molecular formula is C18H18FN3O2. The topological polar surface area (TPSA) is 84.2 Å². The largest absolute Gasteiger partial charge is 0.325 e. The van der Waals surface area contributed by atoms with E-state index in [-0.39, 0.29) is 24.2 Å². The minimum Gasteiger partial charge on any atom is -0.325 e. The first kappa shape index (κ1) is 17.4. The molecule has 2 aromatic rings. The summed E-state index contributed by atoms with van der Waals surface area (Å²) >= 11 is 0. The Hall–Kier alpha value is -2.99. The van der Waals surface area contributed by atoms with Crippen LogP contribution in [0.3, 0.4) is 0 Å². The Balaban J connectivity index is 2.06. The van der Waals surface area contributed by atoms with E-state index in [4.69, 9.17) is 5.73 Å². The summed E-state index contributed by atoms with van der Waals surface area (Å²) in [5, 5.41) is 5.37. The van der Waals surface area contributed by atoms with E-state index >= 15 is 0 Å². The molecule has 0 heterocycles. The molecule has 6 heteroatoms. The number of carbonyl (C=O) groups excluding carboxylic acids is 2. The maximum absolute atomic E-state index is 12.8. The number of nitrogens with two attached hydrogens (primary N) is 1. The number of amides is 2. The SMILES string of the molecule is Cc1ccc(NC(=O)CN)cc1NC(=O)/C=C/c1ccc(F)cc1. The summed E-state index contributed by atoms with van der Waals surface area (Å²) < 4.78 is 12.8. The van der Waals surface area contributed by atoms with Gasteiger partial charge in [-0.25, -0.2) is 4.39 Å². The first-order valence-corrected chi connectivity index (χ1v) is 7.33. The van der Waals surface area contributed by atoms with Crippen LogP contribution in [0.5, 0.6) is 0 Å². The molecule has 0 aliphatic rings. The molecule has 0 atom stereocenters. The highest BCUT2D eigenvalue weighted by Crippen LogP contribution is 2.20. The van der Waals surface area contributed by atoms with Crippen LogP contribution in [0.1, 0.15) is 11.1 Å². The highest BCUT2D eigenvalue weighted by molar-refractivity contribution is 6.03. The summed E-state index contributed by atoms with van der Waals surface area (Å²) in [7, 11) is 0. The van der Waals surface area contributed by atoms with Gasteiger partial charge in [-0.15, -0.1) is 0 Å². The third kappa shape index (κ3) is 5.03. The minimum absolute atomic E-state index is 0.115. The molecule has 0 spiro atoms. The lowest BCUT2D eigenvalue weighted by molar-refractivity contribution is -0.115. The Labute approximate surface area is 139 Å². The fourth-order valence-corrected chi connectivity index (χ4v) is 1.97. The Morgan fingerprint density at radius 1 is 1.12 bits per heavy atom. The van der Waals surface area contributed by atoms with Crippen molar-refractivity contribution in [3.63, 3.8) is 0 Å². The van der Waals surface area contributed by atoms with E-state index in [0.717, 1.165) is 5.56 Å². The molecule has 124 valence electrons. The fourth-order valence-electron chi connectivity index (χ4n) is 1.97. The molecule has 2 aromatic carbocycles. The number of nitrogens with one attached hydrogen (secondary N) is 2. The van der Waals surface area contributed by atoms with Crippen molar-refractivity contribution in [1.82, 2.24) is 0 Å². The van der Waals surface area contributed by atoms with Gasteiger partial charge in [-0.05, 0) is 48.4 Å². The molecule has 5 nitrogen and oxygen atoms in total. The highest BCUT2D eigenvalue weighted by atomic mass is 19.1. The van der Waals surface area contributed by atoms with Gasteiger partial charge in [0.05, 0.1) is 6.54 Å².